The van der Waals surface area contributed by atoms with Crippen molar-refractivity contribution in [1.82, 2.24) is 9.47 Å². The van der Waals surface area contributed by atoms with E-state index < -0.39 is 8.32 Å². The number of aromatic nitrogens is 1. The number of aryl methyl sites for hydroxylation is 1. The molecule has 4 heterocycles. The third kappa shape index (κ3) is 5.11. The average Bonchev–Trinajstić information content (AvgIpc) is 3.57. The molecule has 2 aromatic carbocycles. The van der Waals surface area contributed by atoms with E-state index in [9.17, 15) is 0 Å². The van der Waals surface area contributed by atoms with E-state index in [2.05, 4.69) is 118 Å². The zero-order valence-corrected chi connectivity index (χ0v) is 27.0. The summed E-state index contributed by atoms with van der Waals surface area (Å²) in [5.41, 5.74) is 7.11. The highest BCUT2D eigenvalue weighted by atomic mass is 28.4. The molecule has 0 unspecified atom stereocenters. The molecule has 0 saturated carbocycles. The minimum atomic E-state index is -1.94. The molecule has 3 aliphatic rings. The highest BCUT2D eigenvalue weighted by Gasteiger charge is 2.53. The third-order valence-corrected chi connectivity index (χ3v) is 14.9. The standard InChI is InChI=1S/C35H48N2O3Si/c1-8-25(23-40-41(6,7)35(2,3)4)27-20-31-33-28(26-16-12-13-17-29(26)36(33)5)21-30(32(27)34-38-18-19-39-34)37(31)22-24-14-10-9-11-15-24/h9-17,23,27,30-32,34H,8,18-22H2,1-7H3/b25-23-/t27-,30-,31-,32-/m0/s1. The normalized spacial score (nSPS) is 26.0. The Hall–Kier alpha value is -2.38. The first-order chi connectivity index (χ1) is 19.6. The predicted molar refractivity (Wildman–Crippen MR) is 169 cm³/mol. The molecule has 41 heavy (non-hydrogen) atoms. The number of piperidine rings is 1. The van der Waals surface area contributed by atoms with Gasteiger partial charge in [-0.1, -0.05) is 76.2 Å². The van der Waals surface area contributed by atoms with Crippen LogP contribution in [0.3, 0.4) is 0 Å². The van der Waals surface area contributed by atoms with Crippen molar-refractivity contribution in [3.8, 4) is 0 Å². The molecule has 0 radical (unpaired) electrons. The maximum absolute atomic E-state index is 6.77. The monoisotopic (exact) mass is 572 g/mol. The van der Waals surface area contributed by atoms with E-state index >= 15 is 0 Å². The summed E-state index contributed by atoms with van der Waals surface area (Å²) in [6, 6.07) is 20.6. The van der Waals surface area contributed by atoms with E-state index in [0.717, 1.165) is 25.8 Å². The van der Waals surface area contributed by atoms with Crippen molar-refractivity contribution in [1.29, 1.82) is 0 Å². The molecule has 220 valence electrons. The Morgan fingerprint density at radius 2 is 1.71 bits per heavy atom. The molecule has 2 fully saturated rings. The molecule has 3 aromatic rings. The Morgan fingerprint density at radius 3 is 2.39 bits per heavy atom. The number of fused-ring (bicyclic) bond motifs is 6. The van der Waals surface area contributed by atoms with Gasteiger partial charge in [-0.15, -0.1) is 0 Å². The van der Waals surface area contributed by atoms with Crippen LogP contribution in [-0.4, -0.2) is 43.3 Å². The number of hydrogen-bond acceptors (Lipinski definition) is 4. The second-order valence-corrected chi connectivity index (χ2v) is 18.6. The summed E-state index contributed by atoms with van der Waals surface area (Å²) in [5.74, 6) is 0.569. The van der Waals surface area contributed by atoms with Gasteiger partial charge in [0, 0.05) is 42.1 Å². The van der Waals surface area contributed by atoms with E-state index in [4.69, 9.17) is 13.9 Å². The Kier molecular flexibility index (Phi) is 7.73. The molecule has 1 aromatic heterocycles. The van der Waals surface area contributed by atoms with Gasteiger partial charge >= 0.3 is 0 Å². The minimum Gasteiger partial charge on any atom is -0.549 e. The van der Waals surface area contributed by atoms with Crippen LogP contribution < -0.4 is 0 Å². The van der Waals surface area contributed by atoms with E-state index in [0.29, 0.717) is 31.2 Å². The van der Waals surface area contributed by atoms with Gasteiger partial charge in [0.2, 0.25) is 8.32 Å². The van der Waals surface area contributed by atoms with Crippen molar-refractivity contribution in [2.24, 2.45) is 18.9 Å². The maximum atomic E-state index is 6.77. The molecule has 2 bridgehead atoms. The van der Waals surface area contributed by atoms with Crippen molar-refractivity contribution in [2.75, 3.05) is 13.2 Å². The zero-order valence-electron chi connectivity index (χ0n) is 26.0. The summed E-state index contributed by atoms with van der Waals surface area (Å²) in [6.07, 6.45) is 5.00. The second kappa shape index (κ2) is 11.0. The van der Waals surface area contributed by atoms with Gasteiger partial charge in [-0.3, -0.25) is 4.90 Å². The fraction of sp³-hybridized carbons (Fsp3) is 0.543. The molecule has 0 spiro atoms. The van der Waals surface area contributed by atoms with Crippen LogP contribution in [0.1, 0.15) is 63.4 Å². The van der Waals surface area contributed by atoms with Crippen molar-refractivity contribution in [3.63, 3.8) is 0 Å². The predicted octanol–water partition coefficient (Wildman–Crippen LogP) is 7.97. The lowest BCUT2D eigenvalue weighted by Gasteiger charge is -2.54. The smallest absolute Gasteiger partial charge is 0.249 e. The van der Waals surface area contributed by atoms with Gasteiger partial charge in [0.05, 0.1) is 25.5 Å². The summed E-state index contributed by atoms with van der Waals surface area (Å²) < 4.78 is 22.0. The molecule has 4 atom stereocenters. The zero-order chi connectivity index (χ0) is 28.9. The van der Waals surface area contributed by atoms with Crippen molar-refractivity contribution in [2.45, 2.75) is 90.0 Å². The second-order valence-electron chi connectivity index (χ2n) is 13.8. The van der Waals surface area contributed by atoms with E-state index in [1.807, 2.05) is 0 Å². The Labute approximate surface area is 247 Å². The van der Waals surface area contributed by atoms with Crippen LogP contribution in [0.2, 0.25) is 18.1 Å². The van der Waals surface area contributed by atoms with E-state index in [-0.39, 0.29) is 17.2 Å². The summed E-state index contributed by atoms with van der Waals surface area (Å²) in [6.45, 7) is 16.2. The number of benzene rings is 2. The van der Waals surface area contributed by atoms with Crippen LogP contribution >= 0.6 is 0 Å². The SMILES string of the molecule is CC/C(=C/O[Si](C)(C)C(C)(C)C)[C@@H]1C[C@H]2c3c(c4ccccc4n3C)C[C@@H]([C@H]1C1OCCO1)N2Cc1ccccc1. The molecule has 5 nitrogen and oxygen atoms in total. The quantitative estimate of drug-likeness (QED) is 0.212. The molecule has 2 saturated heterocycles. The van der Waals surface area contributed by atoms with Crippen molar-refractivity contribution in [3.05, 3.63) is 83.3 Å². The van der Waals surface area contributed by atoms with Crippen LogP contribution in [0, 0.1) is 11.8 Å². The fourth-order valence-corrected chi connectivity index (χ4v) is 8.14. The van der Waals surface area contributed by atoms with Crippen molar-refractivity contribution >= 4 is 19.2 Å². The first kappa shape index (κ1) is 28.7. The van der Waals surface area contributed by atoms with Crippen LogP contribution in [0.15, 0.2) is 66.4 Å². The number of nitrogens with zero attached hydrogens (tertiary/aromatic N) is 2. The highest BCUT2D eigenvalue weighted by Crippen LogP contribution is 2.53. The molecule has 6 heteroatoms. The summed E-state index contributed by atoms with van der Waals surface area (Å²) in [4.78, 5) is 2.78. The number of allylic oxidation sites excluding steroid dienone is 1. The molecule has 6 rings (SSSR count). The molecule has 0 amide bonds. The minimum absolute atomic E-state index is 0.160. The number of ether oxygens (including phenoxy) is 2. The number of rotatable bonds is 7. The summed E-state index contributed by atoms with van der Waals surface area (Å²) in [7, 11) is 0.331. The molecular weight excluding hydrogens is 524 g/mol. The van der Waals surface area contributed by atoms with Gasteiger partial charge in [0.15, 0.2) is 6.29 Å². The number of hydrogen-bond donors (Lipinski definition) is 0. The van der Waals surface area contributed by atoms with Gasteiger partial charge in [-0.2, -0.15) is 0 Å². The number of para-hydroxylation sites is 1. The Bertz CT molecular complexity index is 1400. The molecule has 3 aliphatic heterocycles. The lowest BCUT2D eigenvalue weighted by molar-refractivity contribution is -0.149. The largest absolute Gasteiger partial charge is 0.549 e. The third-order valence-electron chi connectivity index (χ3n) is 10.6. The first-order valence-corrected chi connectivity index (χ1v) is 18.5. The van der Waals surface area contributed by atoms with Crippen molar-refractivity contribution < 1.29 is 13.9 Å². The van der Waals surface area contributed by atoms with Gasteiger partial charge in [0.25, 0.3) is 0 Å². The topological polar surface area (TPSA) is 35.9 Å². The van der Waals surface area contributed by atoms with Crippen LogP contribution in [-0.2, 0) is 33.9 Å². The van der Waals surface area contributed by atoms with Crippen LogP contribution in [0.4, 0.5) is 0 Å². The van der Waals surface area contributed by atoms with E-state index in [1.165, 1.54) is 33.3 Å². The lowest BCUT2D eigenvalue weighted by atomic mass is 9.67. The average molecular weight is 573 g/mol. The van der Waals surface area contributed by atoms with Gasteiger partial charge < -0.3 is 18.5 Å². The molecule has 0 N–H and O–H groups in total. The van der Waals surface area contributed by atoms with Gasteiger partial charge in [-0.05, 0) is 66.1 Å². The first-order valence-electron chi connectivity index (χ1n) is 15.6. The van der Waals surface area contributed by atoms with Crippen LogP contribution in [0.5, 0.6) is 0 Å². The highest BCUT2D eigenvalue weighted by molar-refractivity contribution is 6.74. The molecular formula is C35H48N2O3Si. The maximum Gasteiger partial charge on any atom is 0.249 e. The van der Waals surface area contributed by atoms with Gasteiger partial charge in [-0.25, -0.2) is 0 Å². The van der Waals surface area contributed by atoms with Gasteiger partial charge in [0.1, 0.15) is 0 Å². The van der Waals surface area contributed by atoms with Crippen LogP contribution in [0.25, 0.3) is 10.9 Å². The Balaban J connectivity index is 1.47. The lowest BCUT2D eigenvalue weighted by Crippen LogP contribution is -2.57. The molecule has 0 aliphatic carbocycles. The summed E-state index contributed by atoms with van der Waals surface area (Å²) in [5, 5.41) is 1.56. The van der Waals surface area contributed by atoms with E-state index in [1.54, 1.807) is 0 Å². The Morgan fingerprint density at radius 1 is 1.02 bits per heavy atom. The summed E-state index contributed by atoms with van der Waals surface area (Å²) >= 11 is 0. The fourth-order valence-electron chi connectivity index (χ4n) is 7.34.